The number of imidazole rings is 1. The summed E-state index contributed by atoms with van der Waals surface area (Å²) in [4.78, 5) is 6.80. The topological polar surface area (TPSA) is 45.5 Å². The second kappa shape index (κ2) is 11.0. The van der Waals surface area contributed by atoms with Gasteiger partial charge in [0, 0.05) is 13.1 Å². The molecule has 0 saturated carbocycles. The average molecular weight is 352 g/mol. The lowest BCUT2D eigenvalue weighted by Gasteiger charge is -2.18. The summed E-state index contributed by atoms with van der Waals surface area (Å²) in [5.41, 5.74) is 1.91. The quantitative estimate of drug-likeness (QED) is 0.654. The van der Waals surface area contributed by atoms with Gasteiger partial charge in [0.2, 0.25) is 0 Å². The van der Waals surface area contributed by atoms with Gasteiger partial charge in [-0.3, -0.25) is 0 Å². The largest absolute Gasteiger partial charge is 0.367 e. The maximum Gasteiger partial charge on any atom is 0.154 e. The van der Waals surface area contributed by atoms with Crippen molar-refractivity contribution < 1.29 is 0 Å². The van der Waals surface area contributed by atoms with Crippen molar-refractivity contribution in [2.24, 2.45) is 0 Å². The summed E-state index contributed by atoms with van der Waals surface area (Å²) in [7, 11) is 0. The fourth-order valence-corrected chi connectivity index (χ4v) is 2.51. The molecule has 0 atom stereocenters. The van der Waals surface area contributed by atoms with Crippen molar-refractivity contribution in [2.45, 2.75) is 40.0 Å². The molecule has 0 amide bonds. The molecule has 2 aromatic heterocycles. The molecule has 1 N–H and O–H groups in total. The number of allylic oxidation sites excluding steroid dienone is 1. The van der Waals surface area contributed by atoms with Crippen molar-refractivity contribution in [3.8, 4) is 0 Å². The first-order chi connectivity index (χ1) is 11.3. The van der Waals surface area contributed by atoms with E-state index in [9.17, 15) is 0 Å². The Morgan fingerprint density at radius 3 is 2.71 bits per heavy atom. The van der Waals surface area contributed by atoms with E-state index in [1.165, 1.54) is 12.8 Å². The highest BCUT2D eigenvalue weighted by Gasteiger charge is 2.04. The molecular weight excluding hydrogens is 322 g/mol. The van der Waals surface area contributed by atoms with Gasteiger partial charge in [-0.15, -0.1) is 17.5 Å². The van der Waals surface area contributed by atoms with Crippen molar-refractivity contribution >= 4 is 29.9 Å². The molecule has 0 unspecified atom stereocenters. The Bertz CT molecular complexity index is 619. The number of likely N-dealkylation sites (N-methyl/N-ethyl adjacent to an activating group) is 1. The van der Waals surface area contributed by atoms with E-state index >= 15 is 0 Å². The first kappa shape index (κ1) is 20.5. The van der Waals surface area contributed by atoms with E-state index in [2.05, 4.69) is 53.2 Å². The lowest BCUT2D eigenvalue weighted by Crippen LogP contribution is -2.28. The summed E-state index contributed by atoms with van der Waals surface area (Å²) in [6.07, 6.45) is 9.74. The highest BCUT2D eigenvalue weighted by atomic mass is 35.5. The Labute approximate surface area is 151 Å². The number of unbranched alkanes of at least 4 members (excludes halogenated alkanes) is 2. The third-order valence-corrected chi connectivity index (χ3v) is 4.03. The summed E-state index contributed by atoms with van der Waals surface area (Å²) < 4.78 is 1.90. The zero-order chi connectivity index (χ0) is 16.5. The van der Waals surface area contributed by atoms with Crippen LogP contribution in [0.5, 0.6) is 0 Å². The molecule has 0 fully saturated rings. The fourth-order valence-electron chi connectivity index (χ4n) is 2.51. The van der Waals surface area contributed by atoms with Crippen molar-refractivity contribution in [1.29, 1.82) is 0 Å². The van der Waals surface area contributed by atoms with Crippen molar-refractivity contribution in [1.82, 2.24) is 19.5 Å². The van der Waals surface area contributed by atoms with E-state index in [4.69, 9.17) is 0 Å². The highest BCUT2D eigenvalue weighted by molar-refractivity contribution is 5.85. The lowest BCUT2D eigenvalue weighted by atomic mass is 10.2. The number of nitrogens with one attached hydrogen (secondary N) is 1. The summed E-state index contributed by atoms with van der Waals surface area (Å²) in [5, 5.41) is 8.06. The normalized spacial score (nSPS) is 11.3. The van der Waals surface area contributed by atoms with E-state index in [0.29, 0.717) is 0 Å². The Hall–Kier alpha value is -1.59. The van der Waals surface area contributed by atoms with Gasteiger partial charge in [-0.25, -0.2) is 9.50 Å². The van der Waals surface area contributed by atoms with Crippen LogP contribution in [0.4, 0.5) is 5.82 Å². The average Bonchev–Trinajstić information content (AvgIpc) is 2.98. The zero-order valence-corrected chi connectivity index (χ0v) is 15.9. The van der Waals surface area contributed by atoms with Crippen LogP contribution in [0.2, 0.25) is 0 Å². The standard InChI is InChI=1S/C18H29N5.ClH/c1-4-7-8-9-10-16-15-20-18-12-11-17(21-23(16)18)19-13-14-22(5-2)6-3;/h9-12,15H,4-8,13-14H2,1-3H3,(H,19,21);1H/b10-9+;. The van der Waals surface area contributed by atoms with Crippen LogP contribution in [-0.2, 0) is 0 Å². The number of halogens is 1. The number of fused-ring (bicyclic) bond motifs is 1. The van der Waals surface area contributed by atoms with Crippen LogP contribution in [0.1, 0.15) is 45.7 Å². The van der Waals surface area contributed by atoms with Crippen LogP contribution in [0.3, 0.4) is 0 Å². The molecule has 0 aliphatic rings. The van der Waals surface area contributed by atoms with Gasteiger partial charge < -0.3 is 10.2 Å². The Balaban J connectivity index is 0.00000288. The van der Waals surface area contributed by atoms with Gasteiger partial charge in [-0.2, -0.15) is 0 Å². The summed E-state index contributed by atoms with van der Waals surface area (Å²) >= 11 is 0. The van der Waals surface area contributed by atoms with Crippen LogP contribution in [0.15, 0.2) is 24.4 Å². The van der Waals surface area contributed by atoms with Crippen molar-refractivity contribution in [3.05, 3.63) is 30.1 Å². The molecule has 0 spiro atoms. The number of rotatable bonds is 10. The predicted octanol–water partition coefficient (Wildman–Crippen LogP) is 4.11. The molecule has 5 nitrogen and oxygen atoms in total. The molecular formula is C18H30ClN5. The van der Waals surface area contributed by atoms with Gasteiger partial charge in [-0.1, -0.05) is 39.7 Å². The molecule has 134 valence electrons. The summed E-state index contributed by atoms with van der Waals surface area (Å²) in [5.74, 6) is 0.894. The number of hydrogen-bond acceptors (Lipinski definition) is 4. The molecule has 0 saturated heterocycles. The number of aromatic nitrogens is 3. The van der Waals surface area contributed by atoms with Crippen LogP contribution < -0.4 is 5.32 Å². The van der Waals surface area contributed by atoms with Crippen molar-refractivity contribution in [3.63, 3.8) is 0 Å². The lowest BCUT2D eigenvalue weighted by molar-refractivity contribution is 0.316. The van der Waals surface area contributed by atoms with Crippen LogP contribution in [0.25, 0.3) is 11.7 Å². The number of anilines is 1. The van der Waals surface area contributed by atoms with E-state index in [1.807, 2.05) is 22.8 Å². The van der Waals surface area contributed by atoms with Gasteiger partial charge in [0.25, 0.3) is 0 Å². The fraction of sp³-hybridized carbons (Fsp3) is 0.556. The monoisotopic (exact) mass is 351 g/mol. The molecule has 2 heterocycles. The van der Waals surface area contributed by atoms with Gasteiger partial charge in [-0.05, 0) is 37.7 Å². The molecule has 0 aromatic carbocycles. The predicted molar refractivity (Wildman–Crippen MR) is 105 cm³/mol. The van der Waals surface area contributed by atoms with E-state index in [-0.39, 0.29) is 12.4 Å². The second-order valence-corrected chi connectivity index (χ2v) is 5.67. The summed E-state index contributed by atoms with van der Waals surface area (Å²) in [6.45, 7) is 10.7. The van der Waals surface area contributed by atoms with Crippen LogP contribution >= 0.6 is 12.4 Å². The zero-order valence-electron chi connectivity index (χ0n) is 15.0. The first-order valence-corrected chi connectivity index (χ1v) is 8.76. The molecule has 2 rings (SSSR count). The minimum atomic E-state index is 0. The van der Waals surface area contributed by atoms with Gasteiger partial charge in [0.05, 0.1) is 11.9 Å². The van der Waals surface area contributed by atoms with Crippen molar-refractivity contribution in [2.75, 3.05) is 31.5 Å². The molecule has 0 aliphatic carbocycles. The number of hydrogen-bond donors (Lipinski definition) is 1. The maximum atomic E-state index is 4.66. The molecule has 6 heteroatoms. The SMILES string of the molecule is CCCC/C=C/c1cnc2ccc(NCCN(CC)CC)nn12.Cl. The van der Waals surface area contributed by atoms with E-state index in [1.54, 1.807) is 0 Å². The van der Waals surface area contributed by atoms with Crippen LogP contribution in [-0.4, -0.2) is 45.7 Å². The second-order valence-electron chi connectivity index (χ2n) is 5.67. The first-order valence-electron chi connectivity index (χ1n) is 8.76. The Kier molecular flexibility index (Phi) is 9.42. The number of nitrogens with zero attached hydrogens (tertiary/aromatic N) is 4. The minimum Gasteiger partial charge on any atom is -0.367 e. The molecule has 0 radical (unpaired) electrons. The molecule has 2 aromatic rings. The Morgan fingerprint density at radius 2 is 2.00 bits per heavy atom. The maximum absolute atomic E-state index is 4.66. The smallest absolute Gasteiger partial charge is 0.154 e. The minimum absolute atomic E-state index is 0. The van der Waals surface area contributed by atoms with Gasteiger partial charge >= 0.3 is 0 Å². The highest BCUT2D eigenvalue weighted by Crippen LogP contribution is 2.11. The Morgan fingerprint density at radius 1 is 1.21 bits per heavy atom. The van der Waals surface area contributed by atoms with E-state index in [0.717, 1.165) is 49.8 Å². The van der Waals surface area contributed by atoms with Gasteiger partial charge in [0.15, 0.2) is 5.65 Å². The summed E-state index contributed by atoms with van der Waals surface area (Å²) in [6, 6.07) is 4.01. The molecule has 0 aliphatic heterocycles. The third kappa shape index (κ3) is 5.80. The van der Waals surface area contributed by atoms with Gasteiger partial charge in [0.1, 0.15) is 5.82 Å². The third-order valence-electron chi connectivity index (χ3n) is 4.03. The molecule has 0 bridgehead atoms. The van der Waals surface area contributed by atoms with Crippen LogP contribution in [0, 0.1) is 0 Å². The molecule has 24 heavy (non-hydrogen) atoms. The van der Waals surface area contributed by atoms with E-state index < -0.39 is 0 Å².